The van der Waals surface area contributed by atoms with Gasteiger partial charge in [-0.2, -0.15) is 0 Å². The van der Waals surface area contributed by atoms with Crippen LogP contribution in [0.25, 0.3) is 10.9 Å². The molecule has 1 saturated carbocycles. The van der Waals surface area contributed by atoms with Crippen LogP contribution in [0.2, 0.25) is 0 Å². The Labute approximate surface area is 131 Å². The van der Waals surface area contributed by atoms with Crippen LogP contribution in [-0.2, 0) is 11.2 Å². The monoisotopic (exact) mass is 294 g/mol. The zero-order valence-electron chi connectivity index (χ0n) is 12.9. The largest absolute Gasteiger partial charge is 0.342 e. The standard InChI is InChI=1S/C19H22N2O/c22-19(16-5-2-6-16)21-11-9-14(13-21)12-17-7-1-4-15-8-3-10-20-18(15)17/h1,3-4,7-8,10,14,16H,2,5-6,9,11-13H2/t14-/m1/s1. The van der Waals surface area contributed by atoms with E-state index in [1.54, 1.807) is 0 Å². The molecule has 1 amide bonds. The van der Waals surface area contributed by atoms with Crippen molar-refractivity contribution in [3.05, 3.63) is 42.1 Å². The first-order valence-electron chi connectivity index (χ1n) is 8.42. The van der Waals surface area contributed by atoms with Crippen molar-refractivity contribution in [1.82, 2.24) is 9.88 Å². The summed E-state index contributed by atoms with van der Waals surface area (Å²) in [5.74, 6) is 1.32. The van der Waals surface area contributed by atoms with Crippen molar-refractivity contribution in [3.63, 3.8) is 0 Å². The lowest BCUT2D eigenvalue weighted by Crippen LogP contribution is -2.37. The van der Waals surface area contributed by atoms with E-state index in [1.807, 2.05) is 12.3 Å². The highest BCUT2D eigenvalue weighted by atomic mass is 16.2. The first-order valence-corrected chi connectivity index (χ1v) is 8.42. The Morgan fingerprint density at radius 2 is 2.05 bits per heavy atom. The van der Waals surface area contributed by atoms with E-state index in [2.05, 4.69) is 34.1 Å². The van der Waals surface area contributed by atoms with Gasteiger partial charge in [0.05, 0.1) is 5.52 Å². The number of carbonyl (C=O) groups excluding carboxylic acids is 1. The quantitative estimate of drug-likeness (QED) is 0.869. The number of hydrogen-bond donors (Lipinski definition) is 0. The summed E-state index contributed by atoms with van der Waals surface area (Å²) < 4.78 is 0. The second-order valence-electron chi connectivity index (χ2n) is 6.76. The predicted octanol–water partition coefficient (Wildman–Crippen LogP) is 3.43. The van der Waals surface area contributed by atoms with Gasteiger partial charge in [-0.1, -0.05) is 30.7 Å². The van der Waals surface area contributed by atoms with E-state index in [1.165, 1.54) is 17.4 Å². The Morgan fingerprint density at radius 1 is 1.18 bits per heavy atom. The van der Waals surface area contributed by atoms with Crippen LogP contribution in [0.4, 0.5) is 0 Å². The van der Waals surface area contributed by atoms with Gasteiger partial charge in [-0.25, -0.2) is 0 Å². The number of aromatic nitrogens is 1. The van der Waals surface area contributed by atoms with Crippen molar-refractivity contribution in [2.45, 2.75) is 32.1 Å². The van der Waals surface area contributed by atoms with Gasteiger partial charge in [-0.15, -0.1) is 0 Å². The number of benzene rings is 1. The highest BCUT2D eigenvalue weighted by molar-refractivity contribution is 5.82. The SMILES string of the molecule is O=C(C1CCC1)N1CC[C@H](Cc2cccc3cccnc23)C1. The van der Waals surface area contributed by atoms with Gasteiger partial charge >= 0.3 is 0 Å². The third-order valence-electron chi connectivity index (χ3n) is 5.28. The van der Waals surface area contributed by atoms with Crippen molar-refractivity contribution in [2.24, 2.45) is 11.8 Å². The van der Waals surface area contributed by atoms with Gasteiger partial charge in [0.25, 0.3) is 0 Å². The van der Waals surface area contributed by atoms with Crippen LogP contribution in [0.5, 0.6) is 0 Å². The molecule has 1 aromatic carbocycles. The van der Waals surface area contributed by atoms with Crippen LogP contribution in [-0.4, -0.2) is 28.9 Å². The number of pyridine rings is 1. The molecule has 3 nitrogen and oxygen atoms in total. The molecular weight excluding hydrogens is 272 g/mol. The minimum Gasteiger partial charge on any atom is -0.342 e. The molecule has 4 rings (SSSR count). The van der Waals surface area contributed by atoms with Gasteiger partial charge in [0.2, 0.25) is 5.91 Å². The summed E-state index contributed by atoms with van der Waals surface area (Å²) in [5, 5.41) is 1.21. The summed E-state index contributed by atoms with van der Waals surface area (Å²) in [6.45, 7) is 1.87. The smallest absolute Gasteiger partial charge is 0.225 e. The molecule has 2 aliphatic rings. The van der Waals surface area contributed by atoms with Crippen molar-refractivity contribution in [3.8, 4) is 0 Å². The molecular formula is C19H22N2O. The van der Waals surface area contributed by atoms with E-state index < -0.39 is 0 Å². The lowest BCUT2D eigenvalue weighted by molar-refractivity contribution is -0.137. The van der Waals surface area contributed by atoms with Crippen LogP contribution >= 0.6 is 0 Å². The Hall–Kier alpha value is -1.90. The second-order valence-corrected chi connectivity index (χ2v) is 6.76. The number of likely N-dealkylation sites (tertiary alicyclic amines) is 1. The Morgan fingerprint density at radius 3 is 2.86 bits per heavy atom. The molecule has 0 radical (unpaired) electrons. The summed E-state index contributed by atoms with van der Waals surface area (Å²) in [5.41, 5.74) is 2.44. The second kappa shape index (κ2) is 5.71. The maximum Gasteiger partial charge on any atom is 0.225 e. The lowest BCUT2D eigenvalue weighted by atomic mass is 9.84. The average molecular weight is 294 g/mol. The molecule has 1 aliphatic heterocycles. The van der Waals surface area contributed by atoms with E-state index in [0.29, 0.717) is 17.7 Å². The topological polar surface area (TPSA) is 33.2 Å². The molecule has 2 fully saturated rings. The Balaban J connectivity index is 1.46. The van der Waals surface area contributed by atoms with Crippen molar-refractivity contribution in [1.29, 1.82) is 0 Å². The van der Waals surface area contributed by atoms with E-state index in [9.17, 15) is 4.79 Å². The van der Waals surface area contributed by atoms with Gasteiger partial charge in [-0.3, -0.25) is 9.78 Å². The molecule has 22 heavy (non-hydrogen) atoms. The van der Waals surface area contributed by atoms with Gasteiger partial charge < -0.3 is 4.90 Å². The van der Waals surface area contributed by atoms with Crippen LogP contribution < -0.4 is 0 Å². The third-order valence-corrected chi connectivity index (χ3v) is 5.28. The number of amides is 1. The first-order chi connectivity index (χ1) is 10.8. The number of para-hydroxylation sites is 1. The summed E-state index contributed by atoms with van der Waals surface area (Å²) in [4.78, 5) is 19.0. The van der Waals surface area contributed by atoms with Crippen LogP contribution in [0.1, 0.15) is 31.2 Å². The fourth-order valence-corrected chi connectivity index (χ4v) is 3.76. The van der Waals surface area contributed by atoms with Crippen molar-refractivity contribution < 1.29 is 4.79 Å². The summed E-state index contributed by atoms with van der Waals surface area (Å²) in [7, 11) is 0. The van der Waals surface area contributed by atoms with Crippen molar-refractivity contribution >= 4 is 16.8 Å². The molecule has 3 heteroatoms. The number of rotatable bonds is 3. The van der Waals surface area contributed by atoms with Crippen molar-refractivity contribution in [2.75, 3.05) is 13.1 Å². The summed E-state index contributed by atoms with van der Waals surface area (Å²) in [6.07, 6.45) is 7.47. The normalized spacial score (nSPS) is 22.0. The maximum absolute atomic E-state index is 12.4. The first kappa shape index (κ1) is 13.7. The zero-order valence-corrected chi connectivity index (χ0v) is 12.9. The summed E-state index contributed by atoms with van der Waals surface area (Å²) in [6, 6.07) is 10.5. The number of nitrogens with zero attached hydrogens (tertiary/aromatic N) is 2. The van der Waals surface area contributed by atoms with Crippen LogP contribution in [0.15, 0.2) is 36.5 Å². The van der Waals surface area contributed by atoms with E-state index in [4.69, 9.17) is 0 Å². The number of carbonyl (C=O) groups is 1. The fraction of sp³-hybridized carbons (Fsp3) is 0.474. The lowest BCUT2D eigenvalue weighted by Gasteiger charge is -2.29. The van der Waals surface area contributed by atoms with Crippen LogP contribution in [0.3, 0.4) is 0 Å². The molecule has 1 atom stereocenters. The van der Waals surface area contributed by atoms with E-state index >= 15 is 0 Å². The Kier molecular flexibility index (Phi) is 3.57. The highest BCUT2D eigenvalue weighted by Crippen LogP contribution is 2.31. The molecule has 0 bridgehead atoms. The van der Waals surface area contributed by atoms with E-state index in [0.717, 1.165) is 44.3 Å². The average Bonchev–Trinajstić information content (AvgIpc) is 2.94. The summed E-state index contributed by atoms with van der Waals surface area (Å²) >= 11 is 0. The molecule has 114 valence electrons. The third kappa shape index (κ3) is 2.49. The van der Waals surface area contributed by atoms with Gasteiger partial charge in [0.1, 0.15) is 0 Å². The predicted molar refractivity (Wildman–Crippen MR) is 87.5 cm³/mol. The molecule has 1 aliphatic carbocycles. The molecule has 2 aromatic rings. The molecule has 0 N–H and O–H groups in total. The van der Waals surface area contributed by atoms with Gasteiger partial charge in [0.15, 0.2) is 0 Å². The van der Waals surface area contributed by atoms with Gasteiger partial charge in [0, 0.05) is 30.6 Å². The molecule has 0 spiro atoms. The molecule has 0 unspecified atom stereocenters. The fourth-order valence-electron chi connectivity index (χ4n) is 3.76. The number of hydrogen-bond acceptors (Lipinski definition) is 2. The molecule has 1 saturated heterocycles. The van der Waals surface area contributed by atoms with Gasteiger partial charge in [-0.05, 0) is 43.2 Å². The minimum absolute atomic E-state index is 0.331. The molecule has 2 heterocycles. The maximum atomic E-state index is 12.4. The highest BCUT2D eigenvalue weighted by Gasteiger charge is 2.33. The minimum atomic E-state index is 0.331. The zero-order chi connectivity index (χ0) is 14.9. The van der Waals surface area contributed by atoms with Crippen LogP contribution in [0, 0.1) is 11.8 Å². The molecule has 1 aromatic heterocycles. The number of fused-ring (bicyclic) bond motifs is 1. The Bertz CT molecular complexity index is 687. The van der Waals surface area contributed by atoms with E-state index in [-0.39, 0.29) is 0 Å².